The van der Waals surface area contributed by atoms with Crippen LogP contribution in [0.2, 0.25) is 0 Å². The normalized spacial score (nSPS) is 19.6. The second-order valence-electron chi connectivity index (χ2n) is 9.68. The Balaban J connectivity index is 1.61. The number of amides is 2. The largest absolute Gasteiger partial charge is 0.442 e. The lowest BCUT2D eigenvalue weighted by Gasteiger charge is -2.50. The van der Waals surface area contributed by atoms with Crippen molar-refractivity contribution >= 4 is 12.0 Å². The van der Waals surface area contributed by atoms with Gasteiger partial charge in [-0.1, -0.05) is 6.07 Å². The van der Waals surface area contributed by atoms with E-state index >= 15 is 0 Å². The van der Waals surface area contributed by atoms with Gasteiger partial charge in [-0.05, 0) is 35.9 Å². The fourth-order valence-electron chi connectivity index (χ4n) is 5.09. The van der Waals surface area contributed by atoms with Gasteiger partial charge in [0.2, 0.25) is 0 Å². The number of hydrogen-bond acceptors (Lipinski definition) is 4. The highest BCUT2D eigenvalue weighted by atomic mass is 19.4. The number of methoxy groups -OCH3 is 1. The molecule has 2 fully saturated rings. The van der Waals surface area contributed by atoms with Crippen LogP contribution < -0.4 is 0 Å². The third-order valence-electron chi connectivity index (χ3n) is 7.23. The Morgan fingerprint density at radius 2 is 1.57 bits per heavy atom. The van der Waals surface area contributed by atoms with Crippen LogP contribution in [0.4, 0.5) is 39.9 Å². The van der Waals surface area contributed by atoms with Crippen LogP contribution in [0.1, 0.15) is 45.8 Å². The van der Waals surface area contributed by atoms with Gasteiger partial charge in [0.05, 0.1) is 17.7 Å². The highest BCUT2D eigenvalue weighted by Gasteiger charge is 2.51. The summed E-state index contributed by atoms with van der Waals surface area (Å²) in [6.45, 7) is 0.00671. The fraction of sp³-hybridized carbons (Fsp3) is 0.462. The first-order chi connectivity index (χ1) is 18.6. The fourth-order valence-corrected chi connectivity index (χ4v) is 5.09. The maximum atomic E-state index is 14.1. The van der Waals surface area contributed by atoms with Crippen molar-refractivity contribution in [3.8, 4) is 0 Å². The molecule has 2 amide bonds. The van der Waals surface area contributed by atoms with E-state index in [1.807, 2.05) is 0 Å². The zero-order valence-electron chi connectivity index (χ0n) is 21.0. The average molecular weight is 580 g/mol. The topological polar surface area (TPSA) is 59.1 Å². The van der Waals surface area contributed by atoms with Crippen LogP contribution in [-0.4, -0.2) is 67.3 Å². The minimum atomic E-state index is -5.12. The Labute approximate surface area is 223 Å². The van der Waals surface area contributed by atoms with E-state index in [4.69, 9.17) is 9.47 Å². The number of carbonyl (C=O) groups excluding carboxylic acids is 2. The van der Waals surface area contributed by atoms with E-state index in [1.165, 1.54) is 18.1 Å². The molecule has 0 aromatic heterocycles. The van der Waals surface area contributed by atoms with E-state index in [-0.39, 0.29) is 51.7 Å². The number of likely N-dealkylation sites (tertiary alicyclic amines) is 1. The van der Waals surface area contributed by atoms with Gasteiger partial charge in [0.25, 0.3) is 5.91 Å². The summed E-state index contributed by atoms with van der Waals surface area (Å²) < 4.78 is 118. The molecule has 2 aliphatic rings. The summed E-state index contributed by atoms with van der Waals surface area (Å²) in [7, 11) is 1.43. The van der Waals surface area contributed by atoms with Gasteiger partial charge in [0, 0.05) is 57.6 Å². The quantitative estimate of drug-likeness (QED) is 0.416. The molecule has 0 N–H and O–H groups in total. The van der Waals surface area contributed by atoms with Crippen molar-refractivity contribution in [3.05, 3.63) is 70.3 Å². The summed E-state index contributed by atoms with van der Waals surface area (Å²) in [5, 5.41) is 0. The lowest BCUT2D eigenvalue weighted by atomic mass is 9.74. The first kappa shape index (κ1) is 29.6. The van der Waals surface area contributed by atoms with E-state index < -0.39 is 64.2 Å². The molecule has 2 aliphatic heterocycles. The van der Waals surface area contributed by atoms with Crippen molar-refractivity contribution in [2.45, 2.75) is 36.7 Å². The molecule has 1 unspecified atom stereocenters. The van der Waals surface area contributed by atoms with E-state index in [9.17, 15) is 44.7 Å². The lowest BCUT2D eigenvalue weighted by molar-refractivity contribution is -0.143. The Hall–Kier alpha value is -3.42. The molecule has 6 nitrogen and oxygen atoms in total. The highest BCUT2D eigenvalue weighted by Crippen LogP contribution is 2.44. The number of carbonyl (C=O) groups is 2. The van der Waals surface area contributed by atoms with Crippen molar-refractivity contribution in [3.63, 3.8) is 0 Å². The zero-order valence-corrected chi connectivity index (χ0v) is 21.0. The summed E-state index contributed by atoms with van der Waals surface area (Å²) >= 11 is 0. The Kier molecular flexibility index (Phi) is 8.03. The van der Waals surface area contributed by atoms with Gasteiger partial charge in [-0.3, -0.25) is 4.79 Å². The monoisotopic (exact) mass is 580 g/mol. The standard InChI is InChI=1S/C26H24F8N2O4/c1-39-9-8-36-14-19(15-2-3-20(27)21(28)12-15)24(40-23(36)38)4-6-35(7-5-24)22(37)16-10-17(25(29,30)31)13-18(11-16)26(32,33)34/h2-3,10-13,19H,4-9,14H2,1H3. The molecule has 2 saturated heterocycles. The molecule has 0 radical (unpaired) electrons. The molecule has 2 aromatic carbocycles. The Bertz CT molecular complexity index is 1240. The Morgan fingerprint density at radius 3 is 2.10 bits per heavy atom. The molecule has 0 bridgehead atoms. The second-order valence-corrected chi connectivity index (χ2v) is 9.68. The van der Waals surface area contributed by atoms with Crippen molar-refractivity contribution in [2.24, 2.45) is 0 Å². The number of alkyl halides is 6. The Morgan fingerprint density at radius 1 is 0.975 bits per heavy atom. The molecule has 14 heteroatoms. The summed E-state index contributed by atoms with van der Waals surface area (Å²) in [4.78, 5) is 28.3. The van der Waals surface area contributed by atoms with E-state index in [0.29, 0.717) is 17.7 Å². The molecule has 4 rings (SSSR count). The van der Waals surface area contributed by atoms with Crippen molar-refractivity contribution in [1.82, 2.24) is 9.80 Å². The third kappa shape index (κ3) is 6.01. The predicted octanol–water partition coefficient (Wildman–Crippen LogP) is 5.86. The summed E-state index contributed by atoms with van der Waals surface area (Å²) in [5.41, 5.74) is -4.99. The molecule has 1 atom stereocenters. The summed E-state index contributed by atoms with van der Waals surface area (Å²) in [6.07, 6.45) is -11.0. The van der Waals surface area contributed by atoms with Crippen molar-refractivity contribution in [1.29, 1.82) is 0 Å². The van der Waals surface area contributed by atoms with Crippen LogP contribution in [0.5, 0.6) is 0 Å². The van der Waals surface area contributed by atoms with Crippen LogP contribution in [0, 0.1) is 11.6 Å². The van der Waals surface area contributed by atoms with E-state index in [2.05, 4.69) is 0 Å². The minimum absolute atomic E-state index is 0.0443. The van der Waals surface area contributed by atoms with Crippen LogP contribution in [0.3, 0.4) is 0 Å². The second kappa shape index (κ2) is 10.9. The third-order valence-corrected chi connectivity index (χ3v) is 7.23. The lowest BCUT2D eigenvalue weighted by Crippen LogP contribution is -2.59. The summed E-state index contributed by atoms with van der Waals surface area (Å²) in [5.74, 6) is -3.94. The highest BCUT2D eigenvalue weighted by molar-refractivity contribution is 5.94. The number of hydrogen-bond donors (Lipinski definition) is 0. The van der Waals surface area contributed by atoms with Gasteiger partial charge in [-0.15, -0.1) is 0 Å². The van der Waals surface area contributed by atoms with Crippen LogP contribution >= 0.6 is 0 Å². The number of halogens is 8. The van der Waals surface area contributed by atoms with Gasteiger partial charge in [0.1, 0.15) is 5.60 Å². The van der Waals surface area contributed by atoms with Crippen molar-refractivity contribution < 1.29 is 54.2 Å². The molecule has 1 spiro atoms. The molecule has 0 aliphatic carbocycles. The van der Waals surface area contributed by atoms with Gasteiger partial charge < -0.3 is 19.3 Å². The van der Waals surface area contributed by atoms with Crippen LogP contribution in [-0.2, 0) is 21.8 Å². The molecular weight excluding hydrogens is 556 g/mol. The molecule has 2 heterocycles. The smallest absolute Gasteiger partial charge is 0.416 e. The van der Waals surface area contributed by atoms with Gasteiger partial charge >= 0.3 is 18.4 Å². The van der Waals surface area contributed by atoms with Crippen molar-refractivity contribution in [2.75, 3.05) is 39.9 Å². The number of piperidine rings is 1. The average Bonchev–Trinajstić information content (AvgIpc) is 2.89. The minimum Gasteiger partial charge on any atom is -0.442 e. The molecule has 218 valence electrons. The van der Waals surface area contributed by atoms with E-state index in [0.717, 1.165) is 17.0 Å². The van der Waals surface area contributed by atoms with Crippen LogP contribution in [0.15, 0.2) is 36.4 Å². The number of benzene rings is 2. The number of ether oxygens (including phenoxy) is 2. The zero-order chi connectivity index (χ0) is 29.5. The maximum absolute atomic E-state index is 14.1. The van der Waals surface area contributed by atoms with Gasteiger partial charge in [-0.2, -0.15) is 26.3 Å². The summed E-state index contributed by atoms with van der Waals surface area (Å²) in [6, 6.07) is 3.91. The predicted molar refractivity (Wildman–Crippen MR) is 123 cm³/mol. The molecular formula is C26H24F8N2O4. The molecule has 0 saturated carbocycles. The number of rotatable bonds is 5. The van der Waals surface area contributed by atoms with E-state index in [1.54, 1.807) is 0 Å². The van der Waals surface area contributed by atoms with Crippen LogP contribution in [0.25, 0.3) is 0 Å². The maximum Gasteiger partial charge on any atom is 0.416 e. The molecule has 40 heavy (non-hydrogen) atoms. The van der Waals surface area contributed by atoms with Gasteiger partial charge in [-0.25, -0.2) is 13.6 Å². The SMILES string of the molecule is COCCN1CC(c2ccc(F)c(F)c2)C2(CCN(C(=O)c3cc(C(F)(F)F)cc(C(F)(F)F)c3)CC2)OC1=O. The van der Waals surface area contributed by atoms with Gasteiger partial charge in [0.15, 0.2) is 11.6 Å². The first-order valence-electron chi connectivity index (χ1n) is 12.2. The molecule has 2 aromatic rings. The first-order valence-corrected chi connectivity index (χ1v) is 12.2. The number of nitrogens with zero attached hydrogens (tertiary/aromatic N) is 2.